The lowest BCUT2D eigenvalue weighted by atomic mass is 9.72. The summed E-state index contributed by atoms with van der Waals surface area (Å²) in [6, 6.07) is 21.6. The molecule has 0 bridgehead atoms. The minimum atomic E-state index is -1.14. The van der Waals surface area contributed by atoms with Crippen LogP contribution < -0.4 is 11.1 Å². The number of Topliss-reactive ketones (excluding diaryl/α,β-unsaturated/α-hetero) is 2. The van der Waals surface area contributed by atoms with E-state index in [9.17, 15) is 4.79 Å². The monoisotopic (exact) mass is 592 g/mol. The van der Waals surface area contributed by atoms with Gasteiger partial charge in [0.05, 0.1) is 10.0 Å². The molecule has 216 valence electrons. The molecule has 0 spiro atoms. The first-order valence-electron chi connectivity index (χ1n) is 14.2. The number of ketones is 2. The quantitative estimate of drug-likeness (QED) is 0.353. The highest BCUT2D eigenvalue weighted by molar-refractivity contribution is 6.42. The Hall–Kier alpha value is -2.58. The molecule has 2 saturated heterocycles. The normalized spacial score (nSPS) is 25.7. The van der Waals surface area contributed by atoms with Crippen molar-refractivity contribution in [3.05, 3.63) is 105 Å². The van der Waals surface area contributed by atoms with Crippen molar-refractivity contribution >= 4 is 34.8 Å². The molecule has 0 saturated carbocycles. The Morgan fingerprint density at radius 1 is 0.976 bits per heavy atom. The molecule has 3 aromatic rings. The van der Waals surface area contributed by atoms with Crippen LogP contribution in [0.3, 0.4) is 0 Å². The van der Waals surface area contributed by atoms with Gasteiger partial charge >= 0.3 is 0 Å². The Balaban J connectivity index is 1.70. The summed E-state index contributed by atoms with van der Waals surface area (Å²) in [6.45, 7) is 8.50. The predicted octanol–water partition coefficient (Wildman–Crippen LogP) is 5.50. The zero-order chi connectivity index (χ0) is 29.4. The standard InChI is InChI=1S/C33H38Cl2N4O2/c1-22-15-23(2)17-26(16-22)31(41)32(27-9-10-29(34)30(35)18-27)19-28(39-14-12-37-21-33(39,36)24(3)40)11-13-38(32)20-25-7-5-4-6-8-25/h4-10,15-18,28,37H,11-14,19-21,36H2,1-3H3. The van der Waals surface area contributed by atoms with Crippen LogP contribution in [0, 0.1) is 13.8 Å². The molecule has 41 heavy (non-hydrogen) atoms. The molecule has 3 atom stereocenters. The van der Waals surface area contributed by atoms with Gasteiger partial charge in [-0.15, -0.1) is 0 Å². The number of rotatable bonds is 7. The van der Waals surface area contributed by atoms with Crippen LogP contribution in [0.1, 0.15) is 52.4 Å². The van der Waals surface area contributed by atoms with Gasteiger partial charge in [0.2, 0.25) is 0 Å². The Kier molecular flexibility index (Phi) is 8.72. The summed E-state index contributed by atoms with van der Waals surface area (Å²) < 4.78 is 0. The van der Waals surface area contributed by atoms with Gasteiger partial charge < -0.3 is 11.1 Å². The average Bonchev–Trinajstić information content (AvgIpc) is 2.95. The minimum absolute atomic E-state index is 0.00361. The second-order valence-corrected chi connectivity index (χ2v) is 12.4. The van der Waals surface area contributed by atoms with E-state index < -0.39 is 11.2 Å². The number of piperidine rings is 1. The fourth-order valence-corrected chi connectivity index (χ4v) is 7.03. The first kappa shape index (κ1) is 29.9. The molecule has 0 amide bonds. The van der Waals surface area contributed by atoms with Crippen LogP contribution in [0.2, 0.25) is 10.0 Å². The Bertz CT molecular complexity index is 1430. The molecule has 0 radical (unpaired) electrons. The number of carbonyl (C=O) groups is 2. The van der Waals surface area contributed by atoms with Crippen molar-refractivity contribution in [3.63, 3.8) is 0 Å². The molecule has 2 heterocycles. The largest absolute Gasteiger partial charge is 0.312 e. The van der Waals surface area contributed by atoms with E-state index in [2.05, 4.69) is 33.3 Å². The van der Waals surface area contributed by atoms with E-state index in [0.717, 1.165) is 35.2 Å². The molecule has 0 aromatic heterocycles. The van der Waals surface area contributed by atoms with Crippen molar-refractivity contribution in [3.8, 4) is 0 Å². The molecule has 6 nitrogen and oxygen atoms in total. The van der Waals surface area contributed by atoms with E-state index in [4.69, 9.17) is 28.9 Å². The summed E-state index contributed by atoms with van der Waals surface area (Å²) in [5, 5.41) is 4.13. The predicted molar refractivity (Wildman–Crippen MR) is 165 cm³/mol. The number of hydrogen-bond acceptors (Lipinski definition) is 6. The topological polar surface area (TPSA) is 78.7 Å². The molecular weight excluding hydrogens is 555 g/mol. The maximum atomic E-state index is 15.1. The number of piperazine rings is 1. The summed E-state index contributed by atoms with van der Waals surface area (Å²) in [6.07, 6.45) is 1.22. The van der Waals surface area contributed by atoms with E-state index in [1.165, 1.54) is 0 Å². The fraction of sp³-hybridized carbons (Fsp3) is 0.394. The highest BCUT2D eigenvalue weighted by atomic mass is 35.5. The second kappa shape index (κ2) is 12.0. The summed E-state index contributed by atoms with van der Waals surface area (Å²) in [7, 11) is 0. The molecule has 2 aliphatic rings. The van der Waals surface area contributed by atoms with Crippen molar-refractivity contribution in [1.29, 1.82) is 0 Å². The van der Waals surface area contributed by atoms with Gasteiger partial charge in [0, 0.05) is 44.3 Å². The third kappa shape index (κ3) is 5.74. The second-order valence-electron chi connectivity index (χ2n) is 11.6. The van der Waals surface area contributed by atoms with Crippen molar-refractivity contribution in [2.45, 2.75) is 57.4 Å². The van der Waals surface area contributed by atoms with Gasteiger partial charge in [-0.05, 0) is 69.0 Å². The zero-order valence-electron chi connectivity index (χ0n) is 23.9. The fourth-order valence-electron chi connectivity index (χ4n) is 6.73. The van der Waals surface area contributed by atoms with Crippen molar-refractivity contribution in [1.82, 2.24) is 15.1 Å². The van der Waals surface area contributed by atoms with Crippen molar-refractivity contribution < 1.29 is 9.59 Å². The lowest BCUT2D eigenvalue weighted by Crippen LogP contribution is -2.74. The van der Waals surface area contributed by atoms with Crippen LogP contribution in [-0.2, 0) is 16.9 Å². The third-order valence-electron chi connectivity index (χ3n) is 8.76. The van der Waals surface area contributed by atoms with E-state index in [1.54, 1.807) is 13.0 Å². The highest BCUT2D eigenvalue weighted by Gasteiger charge is 2.53. The van der Waals surface area contributed by atoms with E-state index >= 15 is 4.79 Å². The number of nitrogens with zero attached hydrogens (tertiary/aromatic N) is 2. The average molecular weight is 594 g/mol. The molecular formula is C33H38Cl2N4O2. The molecule has 5 rings (SSSR count). The number of halogens is 2. The van der Waals surface area contributed by atoms with Gasteiger partial charge in [-0.1, -0.05) is 76.8 Å². The highest BCUT2D eigenvalue weighted by Crippen LogP contribution is 2.45. The number of nitrogens with one attached hydrogen (secondary N) is 1. The van der Waals surface area contributed by atoms with Crippen LogP contribution in [0.5, 0.6) is 0 Å². The summed E-state index contributed by atoms with van der Waals surface area (Å²) >= 11 is 13.0. The van der Waals surface area contributed by atoms with Crippen molar-refractivity contribution in [2.75, 3.05) is 26.2 Å². The SMILES string of the molecule is CC(=O)C1(N)CNCCN1C1CCN(Cc2ccccc2)C(C(=O)c2cc(C)cc(C)c2)(c2ccc(Cl)c(Cl)c2)C1. The van der Waals surface area contributed by atoms with Crippen LogP contribution in [0.15, 0.2) is 66.7 Å². The smallest absolute Gasteiger partial charge is 0.187 e. The van der Waals surface area contributed by atoms with Gasteiger partial charge in [0.15, 0.2) is 11.6 Å². The number of nitrogens with two attached hydrogens (primary N) is 1. The van der Waals surface area contributed by atoms with Crippen LogP contribution in [0.25, 0.3) is 0 Å². The Morgan fingerprint density at radius 2 is 1.68 bits per heavy atom. The molecule has 0 aliphatic carbocycles. The molecule has 8 heteroatoms. The summed E-state index contributed by atoms with van der Waals surface area (Å²) in [4.78, 5) is 32.4. The maximum Gasteiger partial charge on any atom is 0.187 e. The van der Waals surface area contributed by atoms with Crippen molar-refractivity contribution in [2.24, 2.45) is 5.73 Å². The molecule has 3 unspecified atom stereocenters. The zero-order valence-corrected chi connectivity index (χ0v) is 25.4. The van der Waals surface area contributed by atoms with Gasteiger partial charge in [-0.2, -0.15) is 0 Å². The first-order valence-corrected chi connectivity index (χ1v) is 14.9. The van der Waals surface area contributed by atoms with E-state index in [0.29, 0.717) is 48.2 Å². The first-order chi connectivity index (χ1) is 19.5. The number of benzene rings is 3. The Morgan fingerprint density at radius 3 is 2.34 bits per heavy atom. The lowest BCUT2D eigenvalue weighted by Gasteiger charge is -2.55. The van der Waals surface area contributed by atoms with Crippen LogP contribution in [0.4, 0.5) is 0 Å². The molecule has 3 N–H and O–H groups in total. The van der Waals surface area contributed by atoms with Crippen LogP contribution >= 0.6 is 23.2 Å². The van der Waals surface area contributed by atoms with Crippen LogP contribution in [-0.4, -0.2) is 59.3 Å². The van der Waals surface area contributed by atoms with Gasteiger partial charge in [-0.25, -0.2) is 0 Å². The molecule has 3 aromatic carbocycles. The molecule has 2 aliphatic heterocycles. The van der Waals surface area contributed by atoms with Gasteiger partial charge in [0.1, 0.15) is 11.2 Å². The number of likely N-dealkylation sites (tertiary alicyclic amines) is 1. The molecule has 2 fully saturated rings. The minimum Gasteiger partial charge on any atom is -0.312 e. The number of hydrogen-bond donors (Lipinski definition) is 2. The number of carbonyl (C=O) groups excluding carboxylic acids is 2. The summed E-state index contributed by atoms with van der Waals surface area (Å²) in [5.74, 6) is -0.0823. The Labute approximate surface area is 252 Å². The number of aryl methyl sites for hydroxylation is 2. The van der Waals surface area contributed by atoms with E-state index in [-0.39, 0.29) is 17.6 Å². The lowest BCUT2D eigenvalue weighted by molar-refractivity contribution is -0.134. The third-order valence-corrected chi connectivity index (χ3v) is 9.50. The van der Waals surface area contributed by atoms with E-state index in [1.807, 2.05) is 56.3 Å². The van der Waals surface area contributed by atoms with Gasteiger partial charge in [-0.3, -0.25) is 19.4 Å². The van der Waals surface area contributed by atoms with Gasteiger partial charge in [0.25, 0.3) is 0 Å². The summed E-state index contributed by atoms with van der Waals surface area (Å²) in [5.41, 5.74) is 9.20. The maximum absolute atomic E-state index is 15.1.